The third-order valence-corrected chi connectivity index (χ3v) is 6.49. The highest BCUT2D eigenvalue weighted by molar-refractivity contribution is 6.06. The Hall–Kier alpha value is -4.75. The molecule has 1 saturated heterocycles. The van der Waals surface area contributed by atoms with Gasteiger partial charge in [-0.2, -0.15) is 5.26 Å². The van der Waals surface area contributed by atoms with Gasteiger partial charge in [-0.3, -0.25) is 24.7 Å². The third-order valence-electron chi connectivity index (χ3n) is 6.49. The van der Waals surface area contributed by atoms with Crippen molar-refractivity contribution in [3.05, 3.63) is 84.2 Å². The minimum absolute atomic E-state index is 0.161. The summed E-state index contributed by atoms with van der Waals surface area (Å²) in [6.07, 6.45) is 3.46. The molecule has 38 heavy (non-hydrogen) atoms. The molecule has 1 atom stereocenters. The number of nitrogens with zero attached hydrogens (tertiary/aromatic N) is 5. The van der Waals surface area contributed by atoms with Crippen molar-refractivity contribution in [2.24, 2.45) is 0 Å². The monoisotopic (exact) mass is 513 g/mol. The van der Waals surface area contributed by atoms with Gasteiger partial charge in [0.2, 0.25) is 6.41 Å². The van der Waals surface area contributed by atoms with Gasteiger partial charge in [0.25, 0.3) is 5.91 Å². The molecular weight excluding hydrogens is 486 g/mol. The number of hydroxylamine groups is 2. The molecule has 1 N–H and O–H groups in total. The lowest BCUT2D eigenvalue weighted by Crippen LogP contribution is -2.48. The molecule has 4 rings (SSSR count). The van der Waals surface area contributed by atoms with E-state index >= 15 is 0 Å². The van der Waals surface area contributed by atoms with Crippen LogP contribution < -0.4 is 4.74 Å². The summed E-state index contributed by atoms with van der Waals surface area (Å²) in [7, 11) is 0. The van der Waals surface area contributed by atoms with Crippen LogP contribution in [0.15, 0.2) is 73.1 Å². The number of benzene rings is 2. The average molecular weight is 514 g/mol. The van der Waals surface area contributed by atoms with Crippen LogP contribution in [-0.2, 0) is 16.1 Å². The number of aromatic nitrogens is 1. The molecule has 10 nitrogen and oxygen atoms in total. The third kappa shape index (κ3) is 5.48. The lowest BCUT2D eigenvalue weighted by Gasteiger charge is -2.27. The predicted octanol–water partition coefficient (Wildman–Crippen LogP) is 3.46. The van der Waals surface area contributed by atoms with Gasteiger partial charge < -0.3 is 9.64 Å². The summed E-state index contributed by atoms with van der Waals surface area (Å²) in [5.74, 6) is 0.0340. The van der Waals surface area contributed by atoms with Crippen molar-refractivity contribution in [1.29, 1.82) is 5.26 Å². The second-order valence-corrected chi connectivity index (χ2v) is 9.37. The quantitative estimate of drug-likeness (QED) is 0.190. The van der Waals surface area contributed by atoms with E-state index in [9.17, 15) is 19.6 Å². The minimum Gasteiger partial charge on any atom is -0.491 e. The average Bonchev–Trinajstić information content (AvgIpc) is 3.10. The van der Waals surface area contributed by atoms with E-state index in [1.165, 1.54) is 4.90 Å². The number of hydrogen-bond donors (Lipinski definition) is 1. The molecule has 1 aromatic heterocycles. The molecular formula is C28H27N5O5. The van der Waals surface area contributed by atoms with Crippen LogP contribution in [0, 0.1) is 11.3 Å². The van der Waals surface area contributed by atoms with Gasteiger partial charge in [0.05, 0.1) is 24.7 Å². The Kier molecular flexibility index (Phi) is 7.69. The Balaban J connectivity index is 1.44. The van der Waals surface area contributed by atoms with Crippen LogP contribution in [0.1, 0.15) is 25.0 Å². The lowest BCUT2D eigenvalue weighted by atomic mass is 10.0. The molecule has 4 amide bonds. The number of imide groups is 1. The van der Waals surface area contributed by atoms with Gasteiger partial charge in [0.1, 0.15) is 23.9 Å². The molecule has 2 aromatic carbocycles. The van der Waals surface area contributed by atoms with Gasteiger partial charge in [-0.15, -0.1) is 0 Å². The van der Waals surface area contributed by atoms with E-state index in [0.717, 1.165) is 21.6 Å². The number of carbonyl (C=O) groups excluding carboxylic acids is 3. The number of carbonyl (C=O) groups is 3. The number of pyridine rings is 1. The molecule has 0 saturated carbocycles. The Morgan fingerprint density at radius 3 is 2.34 bits per heavy atom. The molecule has 1 aliphatic heterocycles. The number of rotatable bonds is 10. The van der Waals surface area contributed by atoms with E-state index in [1.807, 2.05) is 30.3 Å². The summed E-state index contributed by atoms with van der Waals surface area (Å²) in [5.41, 5.74) is 2.06. The van der Waals surface area contributed by atoms with E-state index in [-0.39, 0.29) is 26.1 Å². The van der Waals surface area contributed by atoms with E-state index in [4.69, 9.17) is 10.00 Å². The zero-order valence-electron chi connectivity index (χ0n) is 21.0. The van der Waals surface area contributed by atoms with Crippen molar-refractivity contribution in [1.82, 2.24) is 19.8 Å². The molecule has 0 bridgehead atoms. The second-order valence-electron chi connectivity index (χ2n) is 9.37. The van der Waals surface area contributed by atoms with Crippen molar-refractivity contribution < 1.29 is 24.3 Å². The Morgan fingerprint density at radius 2 is 1.76 bits per heavy atom. The topological polar surface area (TPSA) is 127 Å². The minimum atomic E-state index is -1.12. The van der Waals surface area contributed by atoms with E-state index in [0.29, 0.717) is 16.4 Å². The van der Waals surface area contributed by atoms with E-state index in [1.54, 1.807) is 56.6 Å². The Labute approximate surface area is 220 Å². The van der Waals surface area contributed by atoms with Crippen LogP contribution in [0.3, 0.4) is 0 Å². The zero-order chi connectivity index (χ0) is 27.3. The van der Waals surface area contributed by atoms with Crippen LogP contribution in [-0.4, -0.2) is 68.1 Å². The molecule has 0 spiro atoms. The number of ether oxygens (including phenoxy) is 1. The number of hydrogen-bond acceptors (Lipinski definition) is 7. The van der Waals surface area contributed by atoms with Crippen LogP contribution in [0.4, 0.5) is 4.79 Å². The SMILES string of the molecule is CC1(C)C(=O)N(CC(COc2ccc(-c3ccc(C#N)cc3)cc2)N(O)C=O)C(=O)N1Cc1cccnc1. The van der Waals surface area contributed by atoms with Gasteiger partial charge in [-0.1, -0.05) is 30.3 Å². The first kappa shape index (κ1) is 26.3. The van der Waals surface area contributed by atoms with Crippen molar-refractivity contribution in [2.45, 2.75) is 32.0 Å². The summed E-state index contributed by atoms with van der Waals surface area (Å²) in [6, 6.07) is 18.4. The molecule has 1 aliphatic rings. The molecule has 1 unspecified atom stereocenters. The maximum Gasteiger partial charge on any atom is 0.328 e. The summed E-state index contributed by atoms with van der Waals surface area (Å²) in [4.78, 5) is 44.3. The normalized spacial score (nSPS) is 15.2. The highest BCUT2D eigenvalue weighted by Crippen LogP contribution is 2.30. The molecule has 1 fully saturated rings. The van der Waals surface area contributed by atoms with Crippen LogP contribution in [0.2, 0.25) is 0 Å². The second kappa shape index (κ2) is 11.1. The maximum absolute atomic E-state index is 13.2. The van der Waals surface area contributed by atoms with Gasteiger partial charge in [-0.05, 0) is 60.9 Å². The molecule has 2 heterocycles. The van der Waals surface area contributed by atoms with E-state index < -0.39 is 23.5 Å². The van der Waals surface area contributed by atoms with Crippen LogP contribution in [0.5, 0.6) is 5.75 Å². The Morgan fingerprint density at radius 1 is 1.11 bits per heavy atom. The first-order valence-corrected chi connectivity index (χ1v) is 11.9. The summed E-state index contributed by atoms with van der Waals surface area (Å²) < 4.78 is 5.80. The largest absolute Gasteiger partial charge is 0.491 e. The summed E-state index contributed by atoms with van der Waals surface area (Å²) in [6.45, 7) is 3.09. The number of urea groups is 1. The fraction of sp³-hybridized carbons (Fsp3) is 0.250. The maximum atomic E-state index is 13.2. The first-order valence-electron chi connectivity index (χ1n) is 11.9. The number of nitriles is 1. The fourth-order valence-corrected chi connectivity index (χ4v) is 4.20. The lowest BCUT2D eigenvalue weighted by molar-refractivity contribution is -0.165. The van der Waals surface area contributed by atoms with Gasteiger partial charge in [0, 0.05) is 12.4 Å². The van der Waals surface area contributed by atoms with E-state index in [2.05, 4.69) is 11.1 Å². The van der Waals surface area contributed by atoms with Gasteiger partial charge in [-0.25, -0.2) is 9.86 Å². The van der Waals surface area contributed by atoms with Crippen molar-refractivity contribution in [3.63, 3.8) is 0 Å². The zero-order valence-corrected chi connectivity index (χ0v) is 21.0. The van der Waals surface area contributed by atoms with Crippen LogP contribution >= 0.6 is 0 Å². The van der Waals surface area contributed by atoms with Crippen molar-refractivity contribution in [2.75, 3.05) is 13.2 Å². The molecule has 0 radical (unpaired) electrons. The standard InChI is InChI=1S/C28H27N5O5/c1-28(2)26(35)31(27(36)32(28)16-21-4-3-13-30-15-21)17-24(33(37)19-34)18-38-25-11-9-23(10-12-25)22-7-5-20(14-29)6-8-22/h3-13,15,19,24,37H,16-18H2,1-2H3. The fourth-order valence-electron chi connectivity index (χ4n) is 4.20. The Bertz CT molecular complexity index is 1340. The molecule has 194 valence electrons. The highest BCUT2D eigenvalue weighted by atomic mass is 16.5. The summed E-state index contributed by atoms with van der Waals surface area (Å²) >= 11 is 0. The van der Waals surface area contributed by atoms with Crippen molar-refractivity contribution >= 4 is 18.3 Å². The smallest absolute Gasteiger partial charge is 0.328 e. The van der Waals surface area contributed by atoms with Gasteiger partial charge in [0.15, 0.2) is 0 Å². The summed E-state index contributed by atoms with van der Waals surface area (Å²) in [5, 5.41) is 19.6. The van der Waals surface area contributed by atoms with Crippen LogP contribution in [0.25, 0.3) is 11.1 Å². The number of amides is 4. The first-order chi connectivity index (χ1) is 18.2. The molecule has 10 heteroatoms. The molecule has 0 aliphatic carbocycles. The highest BCUT2D eigenvalue weighted by Gasteiger charge is 2.51. The molecule has 3 aromatic rings. The van der Waals surface area contributed by atoms with Gasteiger partial charge >= 0.3 is 6.03 Å². The van der Waals surface area contributed by atoms with Crippen molar-refractivity contribution in [3.8, 4) is 22.9 Å². The predicted molar refractivity (Wildman–Crippen MR) is 137 cm³/mol.